The van der Waals surface area contributed by atoms with Crippen molar-refractivity contribution in [3.63, 3.8) is 0 Å². The van der Waals surface area contributed by atoms with Crippen molar-refractivity contribution < 1.29 is 19.8 Å². The lowest BCUT2D eigenvalue weighted by atomic mass is 10.1. The smallest absolute Gasteiger partial charge is 0.307 e. The second-order valence-corrected chi connectivity index (χ2v) is 5.64. The van der Waals surface area contributed by atoms with Crippen molar-refractivity contribution in [2.75, 3.05) is 0 Å². The number of aliphatic carboxylic acids is 2. The zero-order valence-corrected chi connectivity index (χ0v) is 14.4. The zero-order valence-electron chi connectivity index (χ0n) is 12.8. The maximum atomic E-state index is 10.4. The molecular formula is C18H19BrO4. The normalized spacial score (nSPS) is 9.65. The van der Waals surface area contributed by atoms with Gasteiger partial charge in [0.25, 0.3) is 0 Å². The summed E-state index contributed by atoms with van der Waals surface area (Å²) in [7, 11) is 0. The summed E-state index contributed by atoms with van der Waals surface area (Å²) in [4.78, 5) is 20.6. The number of carboxylic acids is 2. The number of hydrogen-bond acceptors (Lipinski definition) is 2. The topological polar surface area (TPSA) is 74.6 Å². The monoisotopic (exact) mass is 378 g/mol. The van der Waals surface area contributed by atoms with Gasteiger partial charge in [-0.1, -0.05) is 70.0 Å². The first kappa shape index (κ1) is 18.9. The van der Waals surface area contributed by atoms with Crippen LogP contribution in [0.4, 0.5) is 0 Å². The molecule has 5 heteroatoms. The molecule has 0 saturated heterocycles. The molecule has 0 saturated carbocycles. The molecule has 0 aromatic heterocycles. The van der Waals surface area contributed by atoms with Crippen LogP contribution in [0, 0.1) is 6.92 Å². The molecule has 0 bridgehead atoms. The van der Waals surface area contributed by atoms with Crippen molar-refractivity contribution in [3.05, 3.63) is 70.8 Å². The molecule has 0 fully saturated rings. The Morgan fingerprint density at radius 1 is 0.870 bits per heavy atom. The van der Waals surface area contributed by atoms with Gasteiger partial charge in [0.1, 0.15) is 0 Å². The summed E-state index contributed by atoms with van der Waals surface area (Å²) in [5.74, 6) is -1.57. The van der Waals surface area contributed by atoms with Gasteiger partial charge >= 0.3 is 11.9 Å². The van der Waals surface area contributed by atoms with E-state index >= 15 is 0 Å². The van der Waals surface area contributed by atoms with E-state index in [4.69, 9.17) is 10.2 Å². The molecule has 2 aromatic rings. The number of carbonyl (C=O) groups is 2. The minimum absolute atomic E-state index is 0.0981. The molecule has 0 unspecified atom stereocenters. The number of alkyl halides is 1. The SMILES string of the molecule is Cc1cccc(CC(=O)O)c1.O=C(O)Cc1cccc(CBr)c1. The van der Waals surface area contributed by atoms with Gasteiger partial charge < -0.3 is 10.2 Å². The van der Waals surface area contributed by atoms with E-state index in [1.54, 1.807) is 0 Å². The van der Waals surface area contributed by atoms with Gasteiger partial charge in [0, 0.05) is 5.33 Å². The second-order valence-electron chi connectivity index (χ2n) is 5.08. The van der Waals surface area contributed by atoms with Crippen LogP contribution in [0.5, 0.6) is 0 Å². The van der Waals surface area contributed by atoms with Crippen LogP contribution < -0.4 is 0 Å². The van der Waals surface area contributed by atoms with E-state index < -0.39 is 11.9 Å². The quantitative estimate of drug-likeness (QED) is 0.775. The second kappa shape index (κ2) is 9.79. The highest BCUT2D eigenvalue weighted by Crippen LogP contribution is 2.09. The van der Waals surface area contributed by atoms with Gasteiger partial charge in [0.05, 0.1) is 12.8 Å². The Balaban J connectivity index is 0.000000231. The van der Waals surface area contributed by atoms with Crippen LogP contribution in [-0.4, -0.2) is 22.2 Å². The average Bonchev–Trinajstić information content (AvgIpc) is 2.47. The summed E-state index contributed by atoms with van der Waals surface area (Å²) in [6.07, 6.45) is 0.211. The van der Waals surface area contributed by atoms with E-state index in [0.717, 1.165) is 27.6 Å². The molecule has 0 atom stereocenters. The lowest BCUT2D eigenvalue weighted by Crippen LogP contribution is -1.99. The summed E-state index contributed by atoms with van der Waals surface area (Å²) in [5.41, 5.74) is 3.91. The summed E-state index contributed by atoms with van der Waals surface area (Å²) in [6.45, 7) is 1.95. The van der Waals surface area contributed by atoms with Crippen molar-refractivity contribution >= 4 is 27.9 Å². The summed E-state index contributed by atoms with van der Waals surface area (Å²) in [5, 5.41) is 17.7. The Morgan fingerprint density at radius 2 is 1.35 bits per heavy atom. The first-order chi connectivity index (χ1) is 10.9. The minimum atomic E-state index is -0.790. The fraction of sp³-hybridized carbons (Fsp3) is 0.222. The minimum Gasteiger partial charge on any atom is -0.481 e. The van der Waals surface area contributed by atoms with Crippen molar-refractivity contribution in [2.45, 2.75) is 25.1 Å². The molecule has 0 heterocycles. The zero-order chi connectivity index (χ0) is 17.2. The van der Waals surface area contributed by atoms with Gasteiger partial charge in [-0.2, -0.15) is 0 Å². The number of halogens is 1. The number of hydrogen-bond donors (Lipinski definition) is 2. The van der Waals surface area contributed by atoms with Crippen LogP contribution >= 0.6 is 15.9 Å². The molecule has 0 aliphatic carbocycles. The van der Waals surface area contributed by atoms with E-state index in [2.05, 4.69) is 15.9 Å². The van der Waals surface area contributed by atoms with E-state index in [0.29, 0.717) is 0 Å². The first-order valence-corrected chi connectivity index (χ1v) is 8.15. The Bertz CT molecular complexity index is 668. The maximum Gasteiger partial charge on any atom is 0.307 e. The van der Waals surface area contributed by atoms with Crippen molar-refractivity contribution in [1.29, 1.82) is 0 Å². The van der Waals surface area contributed by atoms with Crippen LogP contribution in [0.1, 0.15) is 22.3 Å². The fourth-order valence-corrected chi connectivity index (χ4v) is 2.34. The molecule has 0 aliphatic heterocycles. The summed E-state index contributed by atoms with van der Waals surface area (Å²) >= 11 is 3.31. The molecule has 2 rings (SSSR count). The third-order valence-electron chi connectivity index (χ3n) is 2.94. The standard InChI is InChI=1S/C9H9BrO2.C9H10O2/c10-6-8-3-1-2-7(4-8)5-9(11)12;1-7-3-2-4-8(5-7)6-9(10)11/h1-4H,5-6H2,(H,11,12);2-5H,6H2,1H3,(H,10,11). The molecular weight excluding hydrogens is 360 g/mol. The maximum absolute atomic E-state index is 10.4. The van der Waals surface area contributed by atoms with Gasteiger partial charge in [-0.15, -0.1) is 0 Å². The first-order valence-electron chi connectivity index (χ1n) is 7.03. The molecule has 2 aromatic carbocycles. The predicted molar refractivity (Wildman–Crippen MR) is 92.9 cm³/mol. The Morgan fingerprint density at radius 3 is 1.83 bits per heavy atom. The van der Waals surface area contributed by atoms with Gasteiger partial charge in [-0.25, -0.2) is 0 Å². The Labute approximate surface area is 143 Å². The lowest BCUT2D eigenvalue weighted by molar-refractivity contribution is -0.137. The molecule has 0 aliphatic rings. The van der Waals surface area contributed by atoms with E-state index in [-0.39, 0.29) is 12.8 Å². The summed E-state index contributed by atoms with van der Waals surface area (Å²) in [6, 6.07) is 15.1. The average molecular weight is 379 g/mol. The van der Waals surface area contributed by atoms with E-state index in [1.807, 2.05) is 55.5 Å². The molecule has 2 N–H and O–H groups in total. The fourth-order valence-electron chi connectivity index (χ4n) is 1.99. The largest absolute Gasteiger partial charge is 0.481 e. The van der Waals surface area contributed by atoms with Gasteiger partial charge in [-0.3, -0.25) is 9.59 Å². The third-order valence-corrected chi connectivity index (χ3v) is 3.59. The van der Waals surface area contributed by atoms with Gasteiger partial charge in [0.15, 0.2) is 0 Å². The van der Waals surface area contributed by atoms with Crippen LogP contribution in [0.2, 0.25) is 0 Å². The van der Waals surface area contributed by atoms with Crippen LogP contribution in [0.3, 0.4) is 0 Å². The molecule has 0 radical (unpaired) electrons. The highest BCUT2D eigenvalue weighted by atomic mass is 79.9. The Hall–Kier alpha value is -2.14. The molecule has 0 amide bonds. The highest BCUT2D eigenvalue weighted by Gasteiger charge is 2.00. The number of carboxylic acid groups (broad SMARTS) is 2. The predicted octanol–water partition coefficient (Wildman–Crippen LogP) is 3.83. The Kier molecular flexibility index (Phi) is 8.05. The molecule has 4 nitrogen and oxygen atoms in total. The van der Waals surface area contributed by atoms with Crippen molar-refractivity contribution in [3.8, 4) is 0 Å². The van der Waals surface area contributed by atoms with Crippen LogP contribution in [0.25, 0.3) is 0 Å². The highest BCUT2D eigenvalue weighted by molar-refractivity contribution is 9.08. The van der Waals surface area contributed by atoms with E-state index in [1.165, 1.54) is 0 Å². The third kappa shape index (κ3) is 8.16. The number of aryl methyl sites for hydroxylation is 1. The van der Waals surface area contributed by atoms with Gasteiger partial charge in [-0.05, 0) is 23.6 Å². The van der Waals surface area contributed by atoms with Crippen molar-refractivity contribution in [1.82, 2.24) is 0 Å². The van der Waals surface area contributed by atoms with Crippen LogP contribution in [-0.2, 0) is 27.8 Å². The number of rotatable bonds is 5. The molecule has 122 valence electrons. The van der Waals surface area contributed by atoms with Crippen molar-refractivity contribution in [2.24, 2.45) is 0 Å². The lowest BCUT2D eigenvalue weighted by Gasteiger charge is -1.99. The van der Waals surface area contributed by atoms with E-state index in [9.17, 15) is 9.59 Å². The molecule has 0 spiro atoms. The van der Waals surface area contributed by atoms with Gasteiger partial charge in [0.2, 0.25) is 0 Å². The molecule has 23 heavy (non-hydrogen) atoms. The summed E-state index contributed by atoms with van der Waals surface area (Å²) < 4.78 is 0. The van der Waals surface area contributed by atoms with Crippen LogP contribution in [0.15, 0.2) is 48.5 Å². The number of benzene rings is 2.